The normalized spacial score (nSPS) is 11.6. The third kappa shape index (κ3) is 4.00. The van der Waals surface area contributed by atoms with Crippen LogP contribution in [0.3, 0.4) is 0 Å². The van der Waals surface area contributed by atoms with Crippen LogP contribution in [0, 0.1) is 19.8 Å². The van der Waals surface area contributed by atoms with Crippen LogP contribution in [0.1, 0.15) is 30.5 Å². The first-order chi connectivity index (χ1) is 15.2. The predicted octanol–water partition coefficient (Wildman–Crippen LogP) is 4.98. The van der Waals surface area contributed by atoms with Crippen LogP contribution in [-0.2, 0) is 13.1 Å². The van der Waals surface area contributed by atoms with Crippen LogP contribution in [0.2, 0.25) is 10.0 Å². The highest BCUT2D eigenvalue weighted by Crippen LogP contribution is 2.24. The molecule has 0 saturated carbocycles. The summed E-state index contributed by atoms with van der Waals surface area (Å²) < 4.78 is 4.60. The molecule has 166 valence electrons. The van der Waals surface area contributed by atoms with Gasteiger partial charge in [0, 0.05) is 13.1 Å². The molecule has 4 rings (SSSR count). The van der Waals surface area contributed by atoms with Gasteiger partial charge in [0.25, 0.3) is 5.56 Å². The van der Waals surface area contributed by atoms with Crippen LogP contribution in [0.25, 0.3) is 16.9 Å². The minimum atomic E-state index is -0.386. The standard InChI is InChI=1S/C24H24Cl2N4O2/c1-14(2)11-29-23(31)21-22(30(24(29)32)20-8-5-15(3)9-16(20)4)27-13-28(21)12-17-6-7-18(25)19(26)10-17/h5-10,13-14H,11-12H2,1-4H3. The summed E-state index contributed by atoms with van der Waals surface area (Å²) in [4.78, 5) is 31.4. The van der Waals surface area contributed by atoms with Crippen molar-refractivity contribution in [1.29, 1.82) is 0 Å². The molecule has 8 heteroatoms. The average Bonchev–Trinajstić information content (AvgIpc) is 3.13. The third-order valence-corrected chi connectivity index (χ3v) is 6.12. The predicted molar refractivity (Wildman–Crippen MR) is 129 cm³/mol. The van der Waals surface area contributed by atoms with Crippen molar-refractivity contribution in [3.63, 3.8) is 0 Å². The van der Waals surface area contributed by atoms with Crippen LogP contribution < -0.4 is 11.2 Å². The number of benzene rings is 2. The fourth-order valence-corrected chi connectivity index (χ4v) is 4.25. The van der Waals surface area contributed by atoms with E-state index >= 15 is 0 Å². The fourth-order valence-electron chi connectivity index (χ4n) is 3.93. The Hall–Kier alpha value is -2.83. The number of halogens is 2. The van der Waals surface area contributed by atoms with E-state index in [4.69, 9.17) is 23.2 Å². The molecule has 0 unspecified atom stereocenters. The van der Waals surface area contributed by atoms with Gasteiger partial charge >= 0.3 is 5.69 Å². The number of hydrogen-bond acceptors (Lipinski definition) is 3. The molecule has 0 aliphatic carbocycles. The lowest BCUT2D eigenvalue weighted by atomic mass is 10.1. The highest BCUT2D eigenvalue weighted by atomic mass is 35.5. The maximum Gasteiger partial charge on any atom is 0.337 e. The van der Waals surface area contributed by atoms with Gasteiger partial charge < -0.3 is 4.57 Å². The lowest BCUT2D eigenvalue weighted by molar-refractivity contribution is 0.488. The Morgan fingerprint density at radius 1 is 1.00 bits per heavy atom. The first-order valence-electron chi connectivity index (χ1n) is 10.4. The monoisotopic (exact) mass is 470 g/mol. The van der Waals surface area contributed by atoms with Gasteiger partial charge in [-0.2, -0.15) is 0 Å². The van der Waals surface area contributed by atoms with Gasteiger partial charge in [0.2, 0.25) is 0 Å². The summed E-state index contributed by atoms with van der Waals surface area (Å²) in [5, 5.41) is 0.909. The van der Waals surface area contributed by atoms with Crippen molar-refractivity contribution in [2.45, 2.75) is 40.8 Å². The van der Waals surface area contributed by atoms with Gasteiger partial charge in [-0.15, -0.1) is 0 Å². The first-order valence-corrected chi connectivity index (χ1v) is 11.1. The van der Waals surface area contributed by atoms with Gasteiger partial charge in [0.05, 0.1) is 22.1 Å². The second kappa shape index (κ2) is 8.60. The molecule has 0 radical (unpaired) electrons. The number of aryl methyl sites for hydroxylation is 2. The van der Waals surface area contributed by atoms with Crippen molar-refractivity contribution in [3.8, 4) is 5.69 Å². The minimum Gasteiger partial charge on any atom is -0.320 e. The van der Waals surface area contributed by atoms with Crippen LogP contribution in [0.5, 0.6) is 0 Å². The molecule has 0 N–H and O–H groups in total. The molecule has 6 nitrogen and oxygen atoms in total. The van der Waals surface area contributed by atoms with E-state index in [1.54, 1.807) is 27.6 Å². The summed E-state index contributed by atoms with van der Waals surface area (Å²) in [6.45, 7) is 8.59. The SMILES string of the molecule is Cc1ccc(-n2c(=O)n(CC(C)C)c(=O)c3c2ncn3Cc2ccc(Cl)c(Cl)c2)c(C)c1. The summed E-state index contributed by atoms with van der Waals surface area (Å²) in [5.41, 5.74) is 3.59. The molecule has 0 bridgehead atoms. The van der Waals surface area contributed by atoms with E-state index in [9.17, 15) is 9.59 Å². The summed E-state index contributed by atoms with van der Waals surface area (Å²) in [6.07, 6.45) is 1.59. The van der Waals surface area contributed by atoms with E-state index in [2.05, 4.69) is 4.98 Å². The quantitative estimate of drug-likeness (QED) is 0.413. The zero-order valence-electron chi connectivity index (χ0n) is 18.4. The maximum atomic E-state index is 13.5. The molecular weight excluding hydrogens is 447 g/mol. The van der Waals surface area contributed by atoms with Crippen LogP contribution in [0.4, 0.5) is 0 Å². The van der Waals surface area contributed by atoms with E-state index in [-0.39, 0.29) is 17.2 Å². The number of rotatable bonds is 5. The Kier molecular flexibility index (Phi) is 6.01. The molecule has 0 amide bonds. The van der Waals surface area contributed by atoms with Crippen molar-refractivity contribution >= 4 is 34.4 Å². The lowest BCUT2D eigenvalue weighted by Gasteiger charge is -2.16. The zero-order chi connectivity index (χ0) is 23.2. The van der Waals surface area contributed by atoms with Crippen LogP contribution in [-0.4, -0.2) is 18.7 Å². The molecule has 4 aromatic rings. The maximum absolute atomic E-state index is 13.5. The number of hydrogen-bond donors (Lipinski definition) is 0. The summed E-state index contributed by atoms with van der Waals surface area (Å²) in [7, 11) is 0. The molecule has 2 heterocycles. The molecule has 0 atom stereocenters. The van der Waals surface area contributed by atoms with E-state index < -0.39 is 0 Å². The number of aromatic nitrogens is 4. The van der Waals surface area contributed by atoms with Crippen molar-refractivity contribution in [3.05, 3.63) is 90.3 Å². The van der Waals surface area contributed by atoms with E-state index in [1.165, 1.54) is 4.57 Å². The van der Waals surface area contributed by atoms with Crippen LogP contribution in [0.15, 0.2) is 52.3 Å². The van der Waals surface area contributed by atoms with Crippen molar-refractivity contribution < 1.29 is 0 Å². The first kappa shape index (κ1) is 22.4. The Morgan fingerprint density at radius 3 is 2.41 bits per heavy atom. The number of fused-ring (bicyclic) bond motifs is 1. The Morgan fingerprint density at radius 2 is 1.75 bits per heavy atom. The Bertz CT molecular complexity index is 1450. The topological polar surface area (TPSA) is 61.8 Å². The van der Waals surface area contributed by atoms with Gasteiger partial charge in [0.1, 0.15) is 0 Å². The van der Waals surface area contributed by atoms with E-state index in [0.717, 1.165) is 16.7 Å². The lowest BCUT2D eigenvalue weighted by Crippen LogP contribution is -2.41. The summed E-state index contributed by atoms with van der Waals surface area (Å²) >= 11 is 12.2. The largest absolute Gasteiger partial charge is 0.337 e. The van der Waals surface area contributed by atoms with Crippen LogP contribution >= 0.6 is 23.2 Å². The molecule has 0 aliphatic heterocycles. The highest BCUT2D eigenvalue weighted by Gasteiger charge is 2.21. The Labute approximate surface area is 195 Å². The summed E-state index contributed by atoms with van der Waals surface area (Å²) in [5.74, 6) is 0.122. The molecule has 0 fully saturated rings. The van der Waals surface area contributed by atoms with Gasteiger partial charge in [-0.05, 0) is 49.1 Å². The fraction of sp³-hybridized carbons (Fsp3) is 0.292. The van der Waals surface area contributed by atoms with Gasteiger partial charge in [-0.3, -0.25) is 9.36 Å². The van der Waals surface area contributed by atoms with Gasteiger partial charge in [-0.1, -0.05) is 60.8 Å². The smallest absolute Gasteiger partial charge is 0.320 e. The van der Waals surface area contributed by atoms with Gasteiger partial charge in [-0.25, -0.2) is 14.3 Å². The molecule has 0 saturated heterocycles. The van der Waals surface area contributed by atoms with E-state index in [1.807, 2.05) is 52.0 Å². The molecule has 32 heavy (non-hydrogen) atoms. The van der Waals surface area contributed by atoms with Gasteiger partial charge in [0.15, 0.2) is 11.2 Å². The zero-order valence-corrected chi connectivity index (χ0v) is 19.9. The minimum absolute atomic E-state index is 0.122. The Balaban J connectivity index is 2.00. The van der Waals surface area contributed by atoms with Crippen molar-refractivity contribution in [1.82, 2.24) is 18.7 Å². The number of nitrogens with zero attached hydrogens (tertiary/aromatic N) is 4. The third-order valence-electron chi connectivity index (χ3n) is 5.38. The molecular formula is C24H24Cl2N4O2. The van der Waals surface area contributed by atoms with Crippen molar-refractivity contribution in [2.75, 3.05) is 0 Å². The molecule has 2 aromatic heterocycles. The molecule has 0 aliphatic rings. The molecule has 2 aromatic carbocycles. The second-order valence-electron chi connectivity index (χ2n) is 8.51. The summed E-state index contributed by atoms with van der Waals surface area (Å²) in [6, 6.07) is 11.2. The molecule has 0 spiro atoms. The highest BCUT2D eigenvalue weighted by molar-refractivity contribution is 6.42. The average molecular weight is 471 g/mol. The van der Waals surface area contributed by atoms with E-state index in [0.29, 0.717) is 40.0 Å². The second-order valence-corrected chi connectivity index (χ2v) is 9.33. The van der Waals surface area contributed by atoms with Crippen molar-refractivity contribution in [2.24, 2.45) is 5.92 Å². The number of imidazole rings is 1.